The smallest absolute Gasteiger partial charge is 0.252 e. The lowest BCUT2D eigenvalue weighted by Crippen LogP contribution is -2.35. The number of amides is 1. The van der Waals surface area contributed by atoms with Gasteiger partial charge in [0.2, 0.25) is 5.91 Å². The molecule has 1 amide bonds. The van der Waals surface area contributed by atoms with Crippen molar-refractivity contribution in [2.75, 3.05) is 13.2 Å². The van der Waals surface area contributed by atoms with E-state index in [2.05, 4.69) is 15.1 Å². The summed E-state index contributed by atoms with van der Waals surface area (Å²) in [6, 6.07) is 0.331. The van der Waals surface area contributed by atoms with E-state index in [-0.39, 0.29) is 12.5 Å². The van der Waals surface area contributed by atoms with Crippen molar-refractivity contribution in [3.05, 3.63) is 23.3 Å². The molecule has 1 aliphatic carbocycles. The minimum atomic E-state index is 0.0206. The number of rotatable bonds is 6. The second kappa shape index (κ2) is 6.00. The Morgan fingerprint density at radius 1 is 1.45 bits per heavy atom. The van der Waals surface area contributed by atoms with Crippen molar-refractivity contribution in [3.8, 4) is 0 Å². The molecule has 0 bridgehead atoms. The molecule has 2 aromatic rings. The maximum absolute atomic E-state index is 12.4. The predicted octanol–water partition coefficient (Wildman–Crippen LogP) is 0.657. The summed E-state index contributed by atoms with van der Waals surface area (Å²) in [4.78, 5) is 22.7. The van der Waals surface area contributed by atoms with Gasteiger partial charge < -0.3 is 10.0 Å². The van der Waals surface area contributed by atoms with E-state index in [4.69, 9.17) is 5.11 Å². The number of aromatic nitrogens is 4. The van der Waals surface area contributed by atoms with E-state index in [1.165, 1.54) is 6.33 Å². The molecule has 7 heteroatoms. The van der Waals surface area contributed by atoms with E-state index in [1.807, 2.05) is 18.7 Å². The fourth-order valence-electron chi connectivity index (χ4n) is 2.90. The number of nitrogens with zero attached hydrogens (tertiary/aromatic N) is 5. The number of aliphatic hydroxyl groups excluding tert-OH is 1. The Morgan fingerprint density at radius 2 is 2.23 bits per heavy atom. The molecule has 0 radical (unpaired) electrons. The normalized spacial score (nSPS) is 14.5. The highest BCUT2D eigenvalue weighted by Gasteiger charge is 2.31. The minimum Gasteiger partial charge on any atom is -0.395 e. The molecule has 0 saturated heterocycles. The van der Waals surface area contributed by atoms with Crippen molar-refractivity contribution in [1.29, 1.82) is 0 Å². The summed E-state index contributed by atoms with van der Waals surface area (Å²) in [7, 11) is 0. The topological polar surface area (TPSA) is 83.6 Å². The Morgan fingerprint density at radius 3 is 2.91 bits per heavy atom. The molecule has 1 aliphatic rings. The van der Waals surface area contributed by atoms with Crippen LogP contribution in [0.1, 0.15) is 36.2 Å². The summed E-state index contributed by atoms with van der Waals surface area (Å²) in [5.41, 5.74) is 2.92. The molecule has 118 valence electrons. The molecule has 1 N–H and O–H groups in total. The van der Waals surface area contributed by atoms with Gasteiger partial charge in [0, 0.05) is 30.4 Å². The SMILES string of the molecule is Cc1nc2ncnn2c(C)c1CCC(=O)N(CCO)C1CC1. The van der Waals surface area contributed by atoms with Gasteiger partial charge in [-0.15, -0.1) is 0 Å². The van der Waals surface area contributed by atoms with Crippen molar-refractivity contribution < 1.29 is 9.90 Å². The van der Waals surface area contributed by atoms with Crippen molar-refractivity contribution in [3.63, 3.8) is 0 Å². The van der Waals surface area contributed by atoms with E-state index in [9.17, 15) is 4.79 Å². The quantitative estimate of drug-likeness (QED) is 0.847. The van der Waals surface area contributed by atoms with Gasteiger partial charge in [-0.05, 0) is 38.7 Å². The van der Waals surface area contributed by atoms with Gasteiger partial charge in [0.15, 0.2) is 0 Å². The first-order valence-electron chi connectivity index (χ1n) is 7.68. The van der Waals surface area contributed by atoms with Crippen LogP contribution in [0.15, 0.2) is 6.33 Å². The molecule has 7 nitrogen and oxygen atoms in total. The Labute approximate surface area is 129 Å². The van der Waals surface area contributed by atoms with Crippen LogP contribution in [0.2, 0.25) is 0 Å². The maximum atomic E-state index is 12.4. The van der Waals surface area contributed by atoms with Crippen LogP contribution in [-0.2, 0) is 11.2 Å². The van der Waals surface area contributed by atoms with Crippen molar-refractivity contribution >= 4 is 11.7 Å². The molecule has 0 aliphatic heterocycles. The van der Waals surface area contributed by atoms with Crippen LogP contribution in [0.3, 0.4) is 0 Å². The predicted molar refractivity (Wildman–Crippen MR) is 80.4 cm³/mol. The molecule has 2 heterocycles. The highest BCUT2D eigenvalue weighted by Crippen LogP contribution is 2.27. The first-order chi connectivity index (χ1) is 10.6. The Bertz CT molecular complexity index is 693. The van der Waals surface area contributed by atoms with Gasteiger partial charge in [0.25, 0.3) is 5.78 Å². The van der Waals surface area contributed by atoms with E-state index in [0.717, 1.165) is 29.8 Å². The number of carbonyl (C=O) groups excluding carboxylic acids is 1. The van der Waals surface area contributed by atoms with Crippen LogP contribution in [0, 0.1) is 13.8 Å². The van der Waals surface area contributed by atoms with Crippen LogP contribution in [-0.4, -0.2) is 54.7 Å². The molecule has 1 fully saturated rings. The van der Waals surface area contributed by atoms with Crippen molar-refractivity contribution in [2.45, 2.75) is 45.6 Å². The number of hydrogen-bond donors (Lipinski definition) is 1. The molecule has 0 aromatic carbocycles. The van der Waals surface area contributed by atoms with Crippen LogP contribution in [0.5, 0.6) is 0 Å². The Balaban J connectivity index is 1.74. The highest BCUT2D eigenvalue weighted by molar-refractivity contribution is 5.77. The lowest BCUT2D eigenvalue weighted by molar-refractivity contribution is -0.132. The second-order valence-electron chi connectivity index (χ2n) is 5.77. The number of carbonyl (C=O) groups is 1. The van der Waals surface area contributed by atoms with E-state index in [1.54, 1.807) is 4.52 Å². The molecule has 2 aromatic heterocycles. The summed E-state index contributed by atoms with van der Waals surface area (Å²) < 4.78 is 1.71. The number of aliphatic hydroxyl groups is 1. The first kappa shape index (κ1) is 14.9. The molecule has 22 heavy (non-hydrogen) atoms. The molecule has 1 saturated carbocycles. The fraction of sp³-hybridized carbons (Fsp3) is 0.600. The lowest BCUT2D eigenvalue weighted by Gasteiger charge is -2.21. The molecular weight excluding hydrogens is 282 g/mol. The molecule has 0 atom stereocenters. The van der Waals surface area contributed by atoms with Crippen LogP contribution >= 0.6 is 0 Å². The average molecular weight is 303 g/mol. The lowest BCUT2D eigenvalue weighted by atomic mass is 10.1. The van der Waals surface area contributed by atoms with Crippen molar-refractivity contribution in [1.82, 2.24) is 24.5 Å². The second-order valence-corrected chi connectivity index (χ2v) is 5.77. The maximum Gasteiger partial charge on any atom is 0.252 e. The van der Waals surface area contributed by atoms with Crippen LogP contribution in [0.25, 0.3) is 5.78 Å². The third-order valence-corrected chi connectivity index (χ3v) is 4.23. The van der Waals surface area contributed by atoms with Crippen LogP contribution < -0.4 is 0 Å². The Hall–Kier alpha value is -2.02. The van der Waals surface area contributed by atoms with Crippen molar-refractivity contribution in [2.24, 2.45) is 0 Å². The van der Waals surface area contributed by atoms with Gasteiger partial charge in [-0.25, -0.2) is 9.50 Å². The molecule has 0 spiro atoms. The van der Waals surface area contributed by atoms with Crippen LogP contribution in [0.4, 0.5) is 0 Å². The fourth-order valence-corrected chi connectivity index (χ4v) is 2.90. The summed E-state index contributed by atoms with van der Waals surface area (Å²) in [6.45, 7) is 4.37. The number of aryl methyl sites for hydroxylation is 2. The molecule has 0 unspecified atom stereocenters. The first-order valence-corrected chi connectivity index (χ1v) is 7.68. The summed E-state index contributed by atoms with van der Waals surface area (Å²) in [6.07, 6.45) is 4.65. The van der Waals surface area contributed by atoms with E-state index >= 15 is 0 Å². The van der Waals surface area contributed by atoms with E-state index in [0.29, 0.717) is 31.2 Å². The summed E-state index contributed by atoms with van der Waals surface area (Å²) >= 11 is 0. The largest absolute Gasteiger partial charge is 0.395 e. The van der Waals surface area contributed by atoms with Gasteiger partial charge in [0.05, 0.1) is 6.61 Å². The highest BCUT2D eigenvalue weighted by atomic mass is 16.3. The standard InChI is InChI=1S/C15H21N5O2/c1-10-13(11(2)20-15(18-10)16-9-17-20)5-6-14(22)19(7-8-21)12-3-4-12/h9,12,21H,3-8H2,1-2H3. The van der Waals surface area contributed by atoms with Gasteiger partial charge in [0.1, 0.15) is 6.33 Å². The average Bonchev–Trinajstić information content (AvgIpc) is 3.22. The summed E-state index contributed by atoms with van der Waals surface area (Å²) in [5, 5.41) is 13.3. The third-order valence-electron chi connectivity index (χ3n) is 4.23. The summed E-state index contributed by atoms with van der Waals surface area (Å²) in [5.74, 6) is 0.694. The molecule has 3 rings (SSSR count). The van der Waals surface area contributed by atoms with Gasteiger partial charge >= 0.3 is 0 Å². The number of hydrogen-bond acceptors (Lipinski definition) is 5. The van der Waals surface area contributed by atoms with Gasteiger partial charge in [-0.2, -0.15) is 10.1 Å². The zero-order valence-corrected chi connectivity index (χ0v) is 13.0. The Kier molecular flexibility index (Phi) is 4.06. The molecular formula is C15H21N5O2. The zero-order valence-electron chi connectivity index (χ0n) is 13.0. The van der Waals surface area contributed by atoms with E-state index < -0.39 is 0 Å². The van der Waals surface area contributed by atoms with Gasteiger partial charge in [-0.3, -0.25) is 4.79 Å². The third kappa shape index (κ3) is 2.81. The monoisotopic (exact) mass is 303 g/mol. The zero-order chi connectivity index (χ0) is 15.7. The number of fused-ring (bicyclic) bond motifs is 1. The van der Waals surface area contributed by atoms with Gasteiger partial charge in [-0.1, -0.05) is 0 Å². The minimum absolute atomic E-state index is 0.0206.